The van der Waals surface area contributed by atoms with E-state index in [4.69, 9.17) is 14.7 Å². The van der Waals surface area contributed by atoms with Gasteiger partial charge in [-0.05, 0) is 17.7 Å². The molecular weight excluding hydrogens is 216 g/mol. The minimum atomic E-state index is 0.0202. The van der Waals surface area contributed by atoms with Crippen molar-refractivity contribution in [1.82, 2.24) is 5.32 Å². The summed E-state index contributed by atoms with van der Waals surface area (Å²) >= 11 is 0. The van der Waals surface area contributed by atoms with Crippen molar-refractivity contribution in [2.24, 2.45) is 5.92 Å². The van der Waals surface area contributed by atoms with Crippen LogP contribution in [0, 0.1) is 17.2 Å². The van der Waals surface area contributed by atoms with Crippen LogP contribution in [0.3, 0.4) is 0 Å². The summed E-state index contributed by atoms with van der Waals surface area (Å²) in [7, 11) is 3.26. The number of hydrogen-bond acceptors (Lipinski definition) is 4. The Labute approximate surface area is 101 Å². The normalized spacial score (nSPS) is 23.1. The summed E-state index contributed by atoms with van der Waals surface area (Å²) in [5.74, 6) is 1.77. The van der Waals surface area contributed by atoms with Crippen LogP contribution in [0.1, 0.15) is 11.5 Å². The summed E-state index contributed by atoms with van der Waals surface area (Å²) in [4.78, 5) is 0. The number of rotatable bonds is 3. The first-order valence-corrected chi connectivity index (χ1v) is 5.61. The molecule has 0 unspecified atom stereocenters. The first-order chi connectivity index (χ1) is 8.28. The Balaban J connectivity index is 2.34. The molecule has 1 heterocycles. The van der Waals surface area contributed by atoms with Crippen LogP contribution in [0.4, 0.5) is 0 Å². The van der Waals surface area contributed by atoms with E-state index in [9.17, 15) is 0 Å². The fourth-order valence-electron chi connectivity index (χ4n) is 2.21. The van der Waals surface area contributed by atoms with Crippen LogP contribution < -0.4 is 14.8 Å². The van der Waals surface area contributed by atoms with E-state index in [-0.39, 0.29) is 11.8 Å². The SMILES string of the molecule is COc1cc(OC)cc([C@H]2CNC[C@@H]2C#N)c1. The van der Waals surface area contributed by atoms with E-state index in [2.05, 4.69) is 11.4 Å². The Bertz CT molecular complexity index is 417. The van der Waals surface area contributed by atoms with Crippen LogP contribution in [0.2, 0.25) is 0 Å². The van der Waals surface area contributed by atoms with Crippen molar-refractivity contribution in [2.45, 2.75) is 5.92 Å². The Morgan fingerprint density at radius 2 is 1.82 bits per heavy atom. The number of hydrogen-bond donors (Lipinski definition) is 1. The van der Waals surface area contributed by atoms with Gasteiger partial charge in [-0.1, -0.05) is 0 Å². The third-order valence-electron chi connectivity index (χ3n) is 3.18. The van der Waals surface area contributed by atoms with Crippen LogP contribution in [0.25, 0.3) is 0 Å². The van der Waals surface area contributed by atoms with Gasteiger partial charge in [0.25, 0.3) is 0 Å². The summed E-state index contributed by atoms with van der Waals surface area (Å²) in [6, 6.07) is 8.14. The fraction of sp³-hybridized carbons (Fsp3) is 0.462. The molecule has 0 aromatic heterocycles. The van der Waals surface area contributed by atoms with Crippen molar-refractivity contribution in [3.63, 3.8) is 0 Å². The minimum absolute atomic E-state index is 0.0202. The molecule has 2 rings (SSSR count). The molecule has 2 atom stereocenters. The van der Waals surface area contributed by atoms with Crippen LogP contribution >= 0.6 is 0 Å². The Morgan fingerprint density at radius 1 is 1.18 bits per heavy atom. The molecule has 17 heavy (non-hydrogen) atoms. The van der Waals surface area contributed by atoms with Crippen molar-refractivity contribution in [2.75, 3.05) is 27.3 Å². The van der Waals surface area contributed by atoms with E-state index in [0.29, 0.717) is 0 Å². The molecule has 1 aliphatic rings. The fourth-order valence-corrected chi connectivity index (χ4v) is 2.21. The predicted molar refractivity (Wildman–Crippen MR) is 64.3 cm³/mol. The number of nitriles is 1. The molecule has 1 saturated heterocycles. The summed E-state index contributed by atoms with van der Waals surface area (Å²) in [5.41, 5.74) is 1.10. The molecule has 90 valence electrons. The van der Waals surface area contributed by atoms with Gasteiger partial charge in [-0.15, -0.1) is 0 Å². The largest absolute Gasteiger partial charge is 0.497 e. The third-order valence-corrected chi connectivity index (χ3v) is 3.18. The second-order valence-corrected chi connectivity index (χ2v) is 4.15. The van der Waals surface area contributed by atoms with Gasteiger partial charge in [-0.3, -0.25) is 0 Å². The molecular formula is C13H16N2O2. The van der Waals surface area contributed by atoms with Crippen LogP contribution in [0.15, 0.2) is 18.2 Å². The number of nitrogens with zero attached hydrogens (tertiary/aromatic N) is 1. The highest BCUT2D eigenvalue weighted by Crippen LogP contribution is 2.33. The maximum atomic E-state index is 9.10. The Kier molecular flexibility index (Phi) is 3.50. The van der Waals surface area contributed by atoms with Gasteiger partial charge in [0.15, 0.2) is 0 Å². The number of nitrogens with one attached hydrogen (secondary N) is 1. The highest BCUT2D eigenvalue weighted by Gasteiger charge is 2.28. The van der Waals surface area contributed by atoms with E-state index in [0.717, 1.165) is 30.2 Å². The van der Waals surface area contributed by atoms with Gasteiger partial charge >= 0.3 is 0 Å². The molecule has 0 amide bonds. The maximum absolute atomic E-state index is 9.10. The molecule has 4 nitrogen and oxygen atoms in total. The standard InChI is InChI=1S/C13H16N2O2/c1-16-11-3-9(4-12(5-11)17-2)13-8-15-7-10(13)6-14/h3-5,10,13,15H,7-8H2,1-2H3/t10-,13+/m0/s1. The van der Waals surface area contributed by atoms with Crippen LogP contribution in [-0.4, -0.2) is 27.3 Å². The molecule has 4 heteroatoms. The van der Waals surface area contributed by atoms with Crippen molar-refractivity contribution in [1.29, 1.82) is 5.26 Å². The number of ether oxygens (including phenoxy) is 2. The average molecular weight is 232 g/mol. The Hall–Kier alpha value is -1.73. The second kappa shape index (κ2) is 5.07. The lowest BCUT2D eigenvalue weighted by molar-refractivity contribution is 0.392. The molecule has 0 saturated carbocycles. The van der Waals surface area contributed by atoms with E-state index < -0.39 is 0 Å². The first-order valence-electron chi connectivity index (χ1n) is 5.61. The van der Waals surface area contributed by atoms with Gasteiger partial charge in [0.2, 0.25) is 0 Å². The average Bonchev–Trinajstić information content (AvgIpc) is 2.86. The van der Waals surface area contributed by atoms with Crippen molar-refractivity contribution >= 4 is 0 Å². The molecule has 1 aromatic carbocycles. The van der Waals surface area contributed by atoms with Crippen molar-refractivity contribution in [3.8, 4) is 17.6 Å². The number of methoxy groups -OCH3 is 2. The molecule has 1 fully saturated rings. The lowest BCUT2D eigenvalue weighted by Gasteiger charge is -2.15. The Morgan fingerprint density at radius 3 is 2.35 bits per heavy atom. The zero-order valence-electron chi connectivity index (χ0n) is 10.1. The summed E-state index contributed by atoms with van der Waals surface area (Å²) < 4.78 is 10.5. The number of benzene rings is 1. The molecule has 1 aliphatic heterocycles. The lowest BCUT2D eigenvalue weighted by Crippen LogP contribution is -2.09. The highest BCUT2D eigenvalue weighted by atomic mass is 16.5. The van der Waals surface area contributed by atoms with E-state index in [1.165, 1.54) is 0 Å². The zero-order valence-corrected chi connectivity index (χ0v) is 10.1. The lowest BCUT2D eigenvalue weighted by atomic mass is 9.90. The van der Waals surface area contributed by atoms with Gasteiger partial charge in [0.05, 0.1) is 26.2 Å². The predicted octanol–water partition coefficient (Wildman–Crippen LogP) is 1.53. The molecule has 1 aromatic rings. The van der Waals surface area contributed by atoms with Gasteiger partial charge < -0.3 is 14.8 Å². The van der Waals surface area contributed by atoms with E-state index >= 15 is 0 Å². The topological polar surface area (TPSA) is 54.3 Å². The van der Waals surface area contributed by atoms with Gasteiger partial charge in [0, 0.05) is 25.1 Å². The quantitative estimate of drug-likeness (QED) is 0.858. The molecule has 0 spiro atoms. The monoisotopic (exact) mass is 232 g/mol. The van der Waals surface area contributed by atoms with Gasteiger partial charge in [0.1, 0.15) is 11.5 Å². The van der Waals surface area contributed by atoms with Crippen LogP contribution in [-0.2, 0) is 0 Å². The summed E-state index contributed by atoms with van der Waals surface area (Å²) in [6.45, 7) is 1.58. The van der Waals surface area contributed by atoms with Crippen molar-refractivity contribution in [3.05, 3.63) is 23.8 Å². The minimum Gasteiger partial charge on any atom is -0.497 e. The van der Waals surface area contributed by atoms with Gasteiger partial charge in [-0.25, -0.2) is 0 Å². The molecule has 0 aliphatic carbocycles. The third kappa shape index (κ3) is 2.34. The molecule has 0 radical (unpaired) electrons. The highest BCUT2D eigenvalue weighted by molar-refractivity contribution is 5.41. The van der Waals surface area contributed by atoms with Gasteiger partial charge in [-0.2, -0.15) is 5.26 Å². The second-order valence-electron chi connectivity index (χ2n) is 4.15. The summed E-state index contributed by atoms with van der Waals surface area (Å²) in [6.07, 6.45) is 0. The molecule has 0 bridgehead atoms. The summed E-state index contributed by atoms with van der Waals surface area (Å²) in [5, 5.41) is 12.3. The first kappa shape index (κ1) is 11.7. The smallest absolute Gasteiger partial charge is 0.122 e. The van der Waals surface area contributed by atoms with Crippen molar-refractivity contribution < 1.29 is 9.47 Å². The maximum Gasteiger partial charge on any atom is 0.122 e. The van der Waals surface area contributed by atoms with Crippen LogP contribution in [0.5, 0.6) is 11.5 Å². The molecule has 1 N–H and O–H groups in total. The van der Waals surface area contributed by atoms with E-state index in [1.54, 1.807) is 14.2 Å². The zero-order chi connectivity index (χ0) is 12.3. The van der Waals surface area contributed by atoms with E-state index in [1.807, 2.05) is 18.2 Å².